The molecular weight excluding hydrogens is 409 g/mol. The Morgan fingerprint density at radius 2 is 2.03 bits per heavy atom. The molecule has 164 valence electrons. The Hall–Kier alpha value is -2.78. The summed E-state index contributed by atoms with van der Waals surface area (Å²) in [5.74, 6) is -0.216. The molecule has 6 nitrogen and oxygen atoms in total. The van der Waals surface area contributed by atoms with Gasteiger partial charge in [-0.2, -0.15) is 13.2 Å². The minimum absolute atomic E-state index is 0.00587. The van der Waals surface area contributed by atoms with Gasteiger partial charge in [0.2, 0.25) is 5.82 Å². The second kappa shape index (κ2) is 7.72. The van der Waals surface area contributed by atoms with Gasteiger partial charge in [0, 0.05) is 25.8 Å². The van der Waals surface area contributed by atoms with Gasteiger partial charge in [-0.15, -0.1) is 0 Å². The Balaban J connectivity index is 1.52. The molecule has 3 heterocycles. The largest absolute Gasteiger partial charge is 0.491 e. The Kier molecular flexibility index (Phi) is 5.02. The lowest BCUT2D eigenvalue weighted by Crippen LogP contribution is -2.47. The Labute approximate surface area is 177 Å². The summed E-state index contributed by atoms with van der Waals surface area (Å²) in [4.78, 5) is 8.56. The normalized spacial score (nSPS) is 24.2. The van der Waals surface area contributed by atoms with Crippen LogP contribution in [0.3, 0.4) is 0 Å². The molecule has 0 radical (unpaired) electrons. The molecule has 1 saturated heterocycles. The van der Waals surface area contributed by atoms with Gasteiger partial charge in [-0.3, -0.25) is 4.90 Å². The zero-order valence-electron chi connectivity index (χ0n) is 16.9. The predicted molar refractivity (Wildman–Crippen MR) is 110 cm³/mol. The van der Waals surface area contributed by atoms with Gasteiger partial charge >= 0.3 is 6.18 Å². The average Bonchev–Trinajstić information content (AvgIpc) is 3.41. The highest BCUT2D eigenvalue weighted by Gasteiger charge is 2.39. The number of nitrogens with zero attached hydrogens (tertiary/aromatic N) is 2. The van der Waals surface area contributed by atoms with E-state index < -0.39 is 12.0 Å². The van der Waals surface area contributed by atoms with Crippen LogP contribution < -0.4 is 10.1 Å². The fraction of sp³-hybridized carbons (Fsp3) is 0.409. The predicted octanol–water partition coefficient (Wildman–Crippen LogP) is 4.22. The van der Waals surface area contributed by atoms with Crippen molar-refractivity contribution in [2.45, 2.75) is 30.8 Å². The van der Waals surface area contributed by atoms with Gasteiger partial charge in [0.05, 0.1) is 29.4 Å². The third-order valence-electron chi connectivity index (χ3n) is 6.12. The second-order valence-corrected chi connectivity index (χ2v) is 7.96. The summed E-state index contributed by atoms with van der Waals surface area (Å²) in [5.41, 5.74) is 2.14. The van der Waals surface area contributed by atoms with Gasteiger partial charge in [0.25, 0.3) is 0 Å². The first-order chi connectivity index (χ1) is 14.9. The number of imidazole rings is 1. The van der Waals surface area contributed by atoms with Crippen molar-refractivity contribution < 1.29 is 22.6 Å². The van der Waals surface area contributed by atoms with Crippen molar-refractivity contribution >= 4 is 16.7 Å². The highest BCUT2D eigenvalue weighted by atomic mass is 19.4. The number of anilines is 1. The molecule has 1 aromatic heterocycles. The van der Waals surface area contributed by atoms with Crippen LogP contribution in [0.25, 0.3) is 11.0 Å². The van der Waals surface area contributed by atoms with E-state index >= 15 is 0 Å². The van der Waals surface area contributed by atoms with E-state index in [0.29, 0.717) is 17.8 Å². The summed E-state index contributed by atoms with van der Waals surface area (Å²) < 4.78 is 51.2. The van der Waals surface area contributed by atoms with Crippen molar-refractivity contribution in [3.63, 3.8) is 0 Å². The van der Waals surface area contributed by atoms with Crippen molar-refractivity contribution in [2.75, 3.05) is 32.1 Å². The number of alkyl halides is 3. The lowest BCUT2D eigenvalue weighted by Gasteiger charge is -2.39. The molecule has 2 aromatic carbocycles. The van der Waals surface area contributed by atoms with E-state index in [9.17, 15) is 13.2 Å². The summed E-state index contributed by atoms with van der Waals surface area (Å²) in [5, 5.41) is 3.49. The molecule has 0 spiro atoms. The number of hydrogen-bond donors (Lipinski definition) is 2. The molecule has 2 aliphatic heterocycles. The van der Waals surface area contributed by atoms with Gasteiger partial charge in [-0.1, -0.05) is 24.3 Å². The van der Waals surface area contributed by atoms with E-state index in [4.69, 9.17) is 9.47 Å². The van der Waals surface area contributed by atoms with Crippen molar-refractivity contribution in [2.24, 2.45) is 0 Å². The molecule has 5 rings (SSSR count). The van der Waals surface area contributed by atoms with Gasteiger partial charge in [-0.05, 0) is 24.6 Å². The maximum atomic E-state index is 13.2. The number of halogens is 3. The number of fused-ring (bicyclic) bond motifs is 2. The number of ether oxygens (including phenoxy) is 2. The first-order valence-electron chi connectivity index (χ1n) is 10.2. The molecule has 31 heavy (non-hydrogen) atoms. The first-order valence-corrected chi connectivity index (χ1v) is 10.2. The molecule has 0 aliphatic carbocycles. The van der Waals surface area contributed by atoms with E-state index in [0.717, 1.165) is 30.8 Å². The number of para-hydroxylation sites is 2. The molecule has 0 amide bonds. The van der Waals surface area contributed by atoms with E-state index in [1.54, 1.807) is 25.3 Å². The molecule has 3 aromatic rings. The fourth-order valence-corrected chi connectivity index (χ4v) is 4.54. The second-order valence-electron chi connectivity index (χ2n) is 7.96. The number of aromatic amines is 1. The number of rotatable bonds is 4. The van der Waals surface area contributed by atoms with Gasteiger partial charge in [-0.25, -0.2) is 4.98 Å². The van der Waals surface area contributed by atoms with Crippen molar-refractivity contribution in [3.8, 4) is 5.75 Å². The quantitative estimate of drug-likeness (QED) is 0.647. The minimum Gasteiger partial charge on any atom is -0.491 e. The molecule has 3 atom stereocenters. The standard InChI is InChI=1S/C22H23F3N4O2/c1-30-13-9-10-29(11-13)17-12-31-18-8-3-2-5-14(18)19(17)26-15-6-4-7-16-20(15)28-21(27-16)22(23,24)25/h2-8,13,17,19,26H,9-12H2,1H3,(H,27,28)/t13-,17?,19-/m0/s1. The molecule has 2 N–H and O–H groups in total. The summed E-state index contributed by atoms with van der Waals surface area (Å²) in [7, 11) is 1.72. The summed E-state index contributed by atoms with van der Waals surface area (Å²) in [6.07, 6.45) is -3.43. The zero-order valence-corrected chi connectivity index (χ0v) is 16.9. The van der Waals surface area contributed by atoms with E-state index in [-0.39, 0.29) is 23.7 Å². The van der Waals surface area contributed by atoms with Crippen LogP contribution in [0, 0.1) is 0 Å². The molecule has 1 unspecified atom stereocenters. The Morgan fingerprint density at radius 1 is 1.19 bits per heavy atom. The number of methoxy groups -OCH3 is 1. The van der Waals surface area contributed by atoms with E-state index in [1.165, 1.54) is 0 Å². The number of likely N-dealkylation sites (tertiary alicyclic amines) is 1. The van der Waals surface area contributed by atoms with Gasteiger partial charge < -0.3 is 19.8 Å². The molecule has 9 heteroatoms. The van der Waals surface area contributed by atoms with Crippen LogP contribution in [-0.4, -0.2) is 53.8 Å². The third-order valence-corrected chi connectivity index (χ3v) is 6.12. The van der Waals surface area contributed by atoms with E-state index in [2.05, 4.69) is 20.2 Å². The van der Waals surface area contributed by atoms with Gasteiger partial charge in [0.15, 0.2) is 0 Å². The van der Waals surface area contributed by atoms with Crippen LogP contribution >= 0.6 is 0 Å². The van der Waals surface area contributed by atoms with Crippen molar-refractivity contribution in [1.82, 2.24) is 14.9 Å². The van der Waals surface area contributed by atoms with E-state index in [1.807, 2.05) is 24.3 Å². The van der Waals surface area contributed by atoms with Crippen LogP contribution in [-0.2, 0) is 10.9 Å². The molecule has 1 fully saturated rings. The SMILES string of the molecule is CO[C@H]1CCN(C2COc3ccccc3[C@@H]2Nc2cccc3[nH]c(C(F)(F)F)nc23)C1. The van der Waals surface area contributed by atoms with Crippen molar-refractivity contribution in [1.29, 1.82) is 0 Å². The number of aromatic nitrogens is 2. The summed E-state index contributed by atoms with van der Waals surface area (Å²) in [6, 6.07) is 12.7. The van der Waals surface area contributed by atoms with Crippen LogP contribution in [0.5, 0.6) is 5.75 Å². The number of H-pyrrole nitrogens is 1. The highest BCUT2D eigenvalue weighted by molar-refractivity contribution is 5.88. The smallest absolute Gasteiger partial charge is 0.449 e. The number of benzene rings is 2. The summed E-state index contributed by atoms with van der Waals surface area (Å²) >= 11 is 0. The maximum Gasteiger partial charge on any atom is 0.449 e. The molecule has 0 saturated carbocycles. The number of nitrogens with one attached hydrogen (secondary N) is 2. The molecule has 0 bridgehead atoms. The van der Waals surface area contributed by atoms with Crippen LogP contribution in [0.15, 0.2) is 42.5 Å². The molecular formula is C22H23F3N4O2. The third kappa shape index (κ3) is 3.72. The first kappa shape index (κ1) is 20.1. The monoisotopic (exact) mass is 432 g/mol. The van der Waals surface area contributed by atoms with Crippen LogP contribution in [0.4, 0.5) is 18.9 Å². The molecule has 2 aliphatic rings. The Bertz CT molecular complexity index is 1080. The maximum absolute atomic E-state index is 13.2. The average molecular weight is 432 g/mol. The topological polar surface area (TPSA) is 62.4 Å². The van der Waals surface area contributed by atoms with Crippen LogP contribution in [0.2, 0.25) is 0 Å². The number of hydrogen-bond acceptors (Lipinski definition) is 5. The minimum atomic E-state index is -4.53. The Morgan fingerprint density at radius 3 is 2.81 bits per heavy atom. The zero-order chi connectivity index (χ0) is 21.6. The highest BCUT2D eigenvalue weighted by Crippen LogP contribution is 2.39. The fourth-order valence-electron chi connectivity index (χ4n) is 4.54. The lowest BCUT2D eigenvalue weighted by atomic mass is 9.94. The summed E-state index contributed by atoms with van der Waals surface area (Å²) in [6.45, 7) is 2.14. The van der Waals surface area contributed by atoms with Gasteiger partial charge in [0.1, 0.15) is 17.9 Å². The lowest BCUT2D eigenvalue weighted by molar-refractivity contribution is -0.144. The van der Waals surface area contributed by atoms with Crippen molar-refractivity contribution in [3.05, 3.63) is 53.9 Å². The van der Waals surface area contributed by atoms with Crippen LogP contribution in [0.1, 0.15) is 23.9 Å².